The van der Waals surface area contributed by atoms with E-state index in [1.54, 1.807) is 0 Å². The van der Waals surface area contributed by atoms with Crippen molar-refractivity contribution in [3.8, 4) is 0 Å². The molecular weight excluding hydrogens is 356 g/mol. The average molecular weight is 393 g/mol. The maximum absolute atomic E-state index is 12.1. The number of hydrogen-bond acceptors (Lipinski definition) is 2. The topological polar surface area (TPSA) is 23.6 Å². The summed E-state index contributed by atoms with van der Waals surface area (Å²) >= 11 is 0. The van der Waals surface area contributed by atoms with Crippen LogP contribution < -0.4 is 0 Å². The number of hydrogen-bond donors (Lipinski definition) is 0. The molecule has 2 aromatic carbocycles. The fraction of sp³-hybridized carbons (Fsp3) is 0.500. The molecule has 0 saturated carbocycles. The molecule has 0 aliphatic carbocycles. The molecule has 2 saturated heterocycles. The summed E-state index contributed by atoms with van der Waals surface area (Å²) in [6.45, 7) is 9.51. The second-order valence-electron chi connectivity index (χ2n) is 8.73. The number of piperidine rings is 1. The van der Waals surface area contributed by atoms with Gasteiger partial charge in [0.1, 0.15) is 0 Å². The van der Waals surface area contributed by atoms with Crippen LogP contribution in [0.3, 0.4) is 0 Å². The number of nitrogens with zero attached hydrogens (tertiary/aromatic N) is 2. The maximum Gasteiger partial charge on any atom is 0.225 e. The molecule has 0 aromatic heterocycles. The van der Waals surface area contributed by atoms with Crippen molar-refractivity contribution < 1.29 is 4.79 Å². The van der Waals surface area contributed by atoms with E-state index in [9.17, 15) is 4.79 Å². The highest BCUT2D eigenvalue weighted by molar-refractivity contribution is 5.78. The standard InChI is InChI=1S/C20H30N2O.C6H6/c1-16(2)20(23)22-13-8-17(15-22)14-21-11-9-19(10-12-21)18-6-4-3-5-7-18;1-2-4-6-5-3-1/h3-7,16-17,19H,8-15H2,1-2H3;1-6H/t17-;/m0./s1. The van der Waals surface area contributed by atoms with Crippen LogP contribution in [0.2, 0.25) is 0 Å². The van der Waals surface area contributed by atoms with E-state index < -0.39 is 0 Å². The Labute approximate surface area is 176 Å². The van der Waals surface area contributed by atoms with Crippen molar-refractivity contribution in [2.24, 2.45) is 11.8 Å². The van der Waals surface area contributed by atoms with Gasteiger partial charge < -0.3 is 9.80 Å². The third-order valence-electron chi connectivity index (χ3n) is 6.13. The highest BCUT2D eigenvalue weighted by Gasteiger charge is 2.30. The highest BCUT2D eigenvalue weighted by atomic mass is 16.2. The van der Waals surface area contributed by atoms with Gasteiger partial charge in [-0.25, -0.2) is 0 Å². The Hall–Kier alpha value is -2.13. The van der Waals surface area contributed by atoms with Crippen LogP contribution in [0.15, 0.2) is 66.7 Å². The lowest BCUT2D eigenvalue weighted by Gasteiger charge is -2.33. The fourth-order valence-electron chi connectivity index (χ4n) is 4.47. The van der Waals surface area contributed by atoms with E-state index in [-0.39, 0.29) is 5.92 Å². The van der Waals surface area contributed by atoms with E-state index in [2.05, 4.69) is 40.1 Å². The van der Waals surface area contributed by atoms with E-state index >= 15 is 0 Å². The van der Waals surface area contributed by atoms with Crippen LogP contribution in [0.5, 0.6) is 0 Å². The van der Waals surface area contributed by atoms with E-state index in [4.69, 9.17) is 0 Å². The van der Waals surface area contributed by atoms with Crippen LogP contribution >= 0.6 is 0 Å². The van der Waals surface area contributed by atoms with Crippen molar-refractivity contribution in [1.29, 1.82) is 0 Å². The van der Waals surface area contributed by atoms with E-state index in [1.807, 2.05) is 50.2 Å². The molecule has 4 rings (SSSR count). The Kier molecular flexibility index (Phi) is 8.30. The second-order valence-corrected chi connectivity index (χ2v) is 8.73. The molecule has 0 bridgehead atoms. The molecule has 3 nitrogen and oxygen atoms in total. The van der Waals surface area contributed by atoms with Crippen molar-refractivity contribution in [2.75, 3.05) is 32.7 Å². The number of carbonyl (C=O) groups excluding carboxylic acids is 1. The molecule has 2 aromatic rings. The molecule has 2 fully saturated rings. The van der Waals surface area contributed by atoms with Crippen molar-refractivity contribution in [3.05, 3.63) is 72.3 Å². The molecule has 156 valence electrons. The van der Waals surface area contributed by atoms with Crippen molar-refractivity contribution in [3.63, 3.8) is 0 Å². The highest BCUT2D eigenvalue weighted by Crippen LogP contribution is 2.29. The zero-order valence-corrected chi connectivity index (χ0v) is 18.0. The van der Waals surface area contributed by atoms with Gasteiger partial charge >= 0.3 is 0 Å². The van der Waals surface area contributed by atoms with Crippen molar-refractivity contribution >= 4 is 5.91 Å². The van der Waals surface area contributed by atoms with Gasteiger partial charge in [0.2, 0.25) is 5.91 Å². The smallest absolute Gasteiger partial charge is 0.225 e. The summed E-state index contributed by atoms with van der Waals surface area (Å²) in [5.41, 5.74) is 1.50. The Bertz CT molecular complexity index is 681. The monoisotopic (exact) mass is 392 g/mol. The SMILES string of the molecule is CC(C)C(=O)N1CC[C@@H](CN2CCC(c3ccccc3)CC2)C1.c1ccccc1. The van der Waals surface area contributed by atoms with Gasteiger partial charge in [0.15, 0.2) is 0 Å². The number of carbonyl (C=O) groups is 1. The third kappa shape index (κ3) is 6.71. The zero-order valence-electron chi connectivity index (χ0n) is 18.0. The first kappa shape index (κ1) is 21.6. The van der Waals surface area contributed by atoms with Gasteiger partial charge in [0.25, 0.3) is 0 Å². The lowest BCUT2D eigenvalue weighted by atomic mass is 9.89. The van der Waals surface area contributed by atoms with Crippen LogP contribution in [0, 0.1) is 11.8 Å². The van der Waals surface area contributed by atoms with Gasteiger partial charge in [-0.05, 0) is 49.8 Å². The number of likely N-dealkylation sites (tertiary alicyclic amines) is 2. The lowest BCUT2D eigenvalue weighted by molar-refractivity contribution is -0.133. The number of amides is 1. The molecule has 0 radical (unpaired) electrons. The predicted octanol–water partition coefficient (Wildman–Crippen LogP) is 5.06. The van der Waals surface area contributed by atoms with Crippen molar-refractivity contribution in [1.82, 2.24) is 9.80 Å². The van der Waals surface area contributed by atoms with Crippen LogP contribution in [0.4, 0.5) is 0 Å². The first-order valence-electron chi connectivity index (χ1n) is 11.2. The van der Waals surface area contributed by atoms with Gasteiger partial charge in [0, 0.05) is 25.6 Å². The molecule has 2 aliphatic rings. The van der Waals surface area contributed by atoms with Gasteiger partial charge in [-0.3, -0.25) is 4.79 Å². The van der Waals surface area contributed by atoms with Gasteiger partial charge in [-0.15, -0.1) is 0 Å². The first-order chi connectivity index (χ1) is 14.1. The van der Waals surface area contributed by atoms with Crippen LogP contribution in [-0.4, -0.2) is 48.4 Å². The minimum absolute atomic E-state index is 0.135. The molecular formula is C26H36N2O. The average Bonchev–Trinajstić information content (AvgIpc) is 3.24. The largest absolute Gasteiger partial charge is 0.342 e. The Morgan fingerprint density at radius 1 is 0.862 bits per heavy atom. The van der Waals surface area contributed by atoms with Gasteiger partial charge in [-0.2, -0.15) is 0 Å². The number of benzene rings is 2. The molecule has 1 amide bonds. The summed E-state index contributed by atoms with van der Waals surface area (Å²) in [4.78, 5) is 16.8. The number of rotatable bonds is 4. The maximum atomic E-state index is 12.1. The van der Waals surface area contributed by atoms with Gasteiger partial charge in [-0.1, -0.05) is 80.6 Å². The van der Waals surface area contributed by atoms with Crippen LogP contribution in [0.25, 0.3) is 0 Å². The summed E-state index contributed by atoms with van der Waals surface area (Å²) in [7, 11) is 0. The van der Waals surface area contributed by atoms with Crippen LogP contribution in [-0.2, 0) is 4.79 Å². The molecule has 29 heavy (non-hydrogen) atoms. The third-order valence-corrected chi connectivity index (χ3v) is 6.13. The molecule has 2 aliphatic heterocycles. The summed E-state index contributed by atoms with van der Waals surface area (Å²) in [5, 5.41) is 0. The summed E-state index contributed by atoms with van der Waals surface area (Å²) in [6, 6.07) is 22.9. The summed E-state index contributed by atoms with van der Waals surface area (Å²) in [6.07, 6.45) is 3.72. The lowest BCUT2D eigenvalue weighted by Crippen LogP contribution is -2.38. The summed E-state index contributed by atoms with van der Waals surface area (Å²) < 4.78 is 0. The van der Waals surface area contributed by atoms with Crippen molar-refractivity contribution in [2.45, 2.75) is 39.0 Å². The molecule has 1 atom stereocenters. The minimum atomic E-state index is 0.135. The molecule has 0 unspecified atom stereocenters. The predicted molar refractivity (Wildman–Crippen MR) is 121 cm³/mol. The van der Waals surface area contributed by atoms with Gasteiger partial charge in [0.05, 0.1) is 0 Å². The Morgan fingerprint density at radius 3 is 1.97 bits per heavy atom. The summed E-state index contributed by atoms with van der Waals surface area (Å²) in [5.74, 6) is 1.87. The molecule has 0 spiro atoms. The quantitative estimate of drug-likeness (QED) is 0.726. The zero-order chi connectivity index (χ0) is 20.5. The van der Waals surface area contributed by atoms with E-state index in [0.29, 0.717) is 11.8 Å². The van der Waals surface area contributed by atoms with E-state index in [0.717, 1.165) is 19.0 Å². The molecule has 2 heterocycles. The minimum Gasteiger partial charge on any atom is -0.342 e. The Morgan fingerprint density at radius 2 is 1.41 bits per heavy atom. The van der Waals surface area contributed by atoms with Crippen LogP contribution in [0.1, 0.15) is 44.6 Å². The molecule has 0 N–H and O–H groups in total. The second kappa shape index (κ2) is 11.2. The molecule has 3 heteroatoms. The first-order valence-corrected chi connectivity index (χ1v) is 11.2. The Balaban J connectivity index is 0.000000343. The van der Waals surface area contributed by atoms with E-state index in [1.165, 1.54) is 44.5 Å². The fourth-order valence-corrected chi connectivity index (χ4v) is 4.47. The normalized spacial score (nSPS) is 20.4.